The highest BCUT2D eigenvalue weighted by atomic mass is 16.4. The van der Waals surface area contributed by atoms with Gasteiger partial charge >= 0.3 is 0 Å². The van der Waals surface area contributed by atoms with E-state index in [4.69, 9.17) is 4.42 Å². The summed E-state index contributed by atoms with van der Waals surface area (Å²) in [6.07, 6.45) is 1.51. The van der Waals surface area contributed by atoms with Crippen molar-refractivity contribution in [1.82, 2.24) is 9.88 Å². The van der Waals surface area contributed by atoms with Crippen molar-refractivity contribution >= 4 is 11.7 Å². The second kappa shape index (κ2) is 5.75. The Kier molecular flexibility index (Phi) is 3.79. The first-order valence-corrected chi connectivity index (χ1v) is 7.42. The van der Waals surface area contributed by atoms with Crippen molar-refractivity contribution in [1.29, 1.82) is 0 Å². The summed E-state index contributed by atoms with van der Waals surface area (Å²) in [7, 11) is 0. The van der Waals surface area contributed by atoms with Crippen LogP contribution in [-0.4, -0.2) is 34.2 Å². The van der Waals surface area contributed by atoms with Gasteiger partial charge in [-0.15, -0.1) is 0 Å². The first-order chi connectivity index (χ1) is 10.6. The first kappa shape index (κ1) is 14.5. The summed E-state index contributed by atoms with van der Waals surface area (Å²) in [5.41, 5.74) is 0.950. The summed E-state index contributed by atoms with van der Waals surface area (Å²) >= 11 is 0. The van der Waals surface area contributed by atoms with E-state index in [0.29, 0.717) is 35.9 Å². The predicted molar refractivity (Wildman–Crippen MR) is 80.8 cm³/mol. The molecule has 1 fully saturated rings. The molecule has 0 unspecified atom stereocenters. The summed E-state index contributed by atoms with van der Waals surface area (Å²) in [6.45, 7) is 4.01. The van der Waals surface area contributed by atoms with Gasteiger partial charge in [0.15, 0.2) is 17.4 Å². The van der Waals surface area contributed by atoms with E-state index in [1.165, 1.54) is 0 Å². The van der Waals surface area contributed by atoms with Crippen LogP contribution < -0.4 is 0 Å². The molecular weight excluding hydrogens is 280 g/mol. The van der Waals surface area contributed by atoms with Gasteiger partial charge in [0.25, 0.3) is 5.91 Å². The van der Waals surface area contributed by atoms with Crippen LogP contribution >= 0.6 is 0 Å². The van der Waals surface area contributed by atoms with Gasteiger partial charge in [0, 0.05) is 19.0 Å². The van der Waals surface area contributed by atoms with Crippen LogP contribution in [0.4, 0.5) is 0 Å². The Morgan fingerprint density at radius 3 is 2.59 bits per heavy atom. The number of nitrogens with zero attached hydrogens (tertiary/aromatic N) is 2. The van der Waals surface area contributed by atoms with Crippen LogP contribution in [0.1, 0.15) is 45.3 Å². The Bertz CT molecular complexity index is 706. The molecule has 114 valence electrons. The van der Waals surface area contributed by atoms with Crippen molar-refractivity contribution in [3.05, 3.63) is 53.2 Å². The normalized spacial score (nSPS) is 17.7. The number of amides is 1. The number of benzene rings is 1. The highest BCUT2D eigenvalue weighted by molar-refractivity contribution is 6.04. The van der Waals surface area contributed by atoms with Gasteiger partial charge in [-0.3, -0.25) is 9.59 Å². The van der Waals surface area contributed by atoms with Gasteiger partial charge in [-0.2, -0.15) is 0 Å². The van der Waals surface area contributed by atoms with Crippen LogP contribution in [0.25, 0.3) is 0 Å². The quantitative estimate of drug-likeness (QED) is 0.817. The van der Waals surface area contributed by atoms with Crippen molar-refractivity contribution in [2.45, 2.75) is 32.7 Å². The number of oxazole rings is 1. The molecule has 22 heavy (non-hydrogen) atoms. The third kappa shape index (κ3) is 2.54. The van der Waals surface area contributed by atoms with Crippen LogP contribution in [-0.2, 0) is 0 Å². The molecule has 0 radical (unpaired) electrons. The molecule has 5 heteroatoms. The van der Waals surface area contributed by atoms with E-state index in [9.17, 15) is 9.59 Å². The number of aryl methyl sites for hydroxylation is 2. The number of carbonyl (C=O) groups excluding carboxylic acids is 2. The lowest BCUT2D eigenvalue weighted by Crippen LogP contribution is -2.41. The molecule has 3 rings (SSSR count). The van der Waals surface area contributed by atoms with E-state index in [1.807, 2.05) is 18.2 Å². The average Bonchev–Trinajstić information content (AvgIpc) is 3.13. The molecular formula is C17H18N2O3. The third-order valence-corrected chi connectivity index (χ3v) is 3.98. The Hall–Kier alpha value is -2.43. The van der Waals surface area contributed by atoms with E-state index in [-0.39, 0.29) is 11.7 Å². The lowest BCUT2D eigenvalue weighted by Gasteiger charge is -2.23. The zero-order chi connectivity index (χ0) is 15.7. The number of aromatic nitrogens is 1. The minimum absolute atomic E-state index is 0.00989. The van der Waals surface area contributed by atoms with Gasteiger partial charge in [0.1, 0.15) is 5.76 Å². The van der Waals surface area contributed by atoms with E-state index in [1.54, 1.807) is 30.9 Å². The van der Waals surface area contributed by atoms with E-state index in [0.717, 1.165) is 6.42 Å². The zero-order valence-corrected chi connectivity index (χ0v) is 12.7. The maximum atomic E-state index is 12.7. The lowest BCUT2D eigenvalue weighted by molar-refractivity contribution is 0.0666. The van der Waals surface area contributed by atoms with E-state index < -0.39 is 6.04 Å². The van der Waals surface area contributed by atoms with Crippen molar-refractivity contribution in [3.8, 4) is 0 Å². The molecule has 2 aromatic rings. The molecule has 1 amide bonds. The molecule has 0 saturated carbocycles. The molecule has 0 N–H and O–H groups in total. The summed E-state index contributed by atoms with van der Waals surface area (Å²) < 4.78 is 5.33. The molecule has 1 aromatic carbocycles. The van der Waals surface area contributed by atoms with Gasteiger partial charge in [-0.05, 0) is 19.8 Å². The molecule has 0 spiro atoms. The highest BCUT2D eigenvalue weighted by Crippen LogP contribution is 2.24. The predicted octanol–water partition coefficient (Wildman–Crippen LogP) is 2.78. The molecule has 1 aliphatic heterocycles. The zero-order valence-electron chi connectivity index (χ0n) is 12.7. The van der Waals surface area contributed by atoms with Crippen molar-refractivity contribution in [3.63, 3.8) is 0 Å². The van der Waals surface area contributed by atoms with E-state index >= 15 is 0 Å². The Balaban J connectivity index is 1.86. The lowest BCUT2D eigenvalue weighted by atomic mass is 10.0. The number of hydrogen-bond donors (Lipinski definition) is 0. The third-order valence-electron chi connectivity index (χ3n) is 3.98. The van der Waals surface area contributed by atoms with Gasteiger partial charge < -0.3 is 9.32 Å². The molecule has 5 nitrogen and oxygen atoms in total. The topological polar surface area (TPSA) is 63.4 Å². The maximum absolute atomic E-state index is 12.7. The van der Waals surface area contributed by atoms with Gasteiger partial charge in [-0.25, -0.2) is 4.98 Å². The van der Waals surface area contributed by atoms with Crippen LogP contribution in [0.15, 0.2) is 34.7 Å². The fourth-order valence-electron chi connectivity index (χ4n) is 2.94. The largest absolute Gasteiger partial charge is 0.445 e. The van der Waals surface area contributed by atoms with Gasteiger partial charge in [-0.1, -0.05) is 30.3 Å². The summed E-state index contributed by atoms with van der Waals surface area (Å²) in [5.74, 6) is 0.733. The number of carbonyl (C=O) groups is 2. The minimum atomic E-state index is -0.411. The monoisotopic (exact) mass is 298 g/mol. The van der Waals surface area contributed by atoms with Crippen molar-refractivity contribution < 1.29 is 14.0 Å². The minimum Gasteiger partial charge on any atom is -0.445 e. The van der Waals surface area contributed by atoms with Gasteiger partial charge in [0.05, 0.1) is 6.04 Å². The second-order valence-electron chi connectivity index (χ2n) is 5.52. The SMILES string of the molecule is Cc1nc(C(=O)N2CCC[C@@H]2C(=O)c2ccccc2)c(C)o1. The number of hydrogen-bond acceptors (Lipinski definition) is 4. The summed E-state index contributed by atoms with van der Waals surface area (Å²) in [6, 6.07) is 8.70. The fraction of sp³-hybridized carbons (Fsp3) is 0.353. The molecule has 0 bridgehead atoms. The number of rotatable bonds is 3. The van der Waals surface area contributed by atoms with Crippen LogP contribution in [0.2, 0.25) is 0 Å². The number of likely N-dealkylation sites (tertiary alicyclic amines) is 1. The molecule has 1 saturated heterocycles. The molecule has 1 atom stereocenters. The Labute approximate surface area is 128 Å². The van der Waals surface area contributed by atoms with Crippen LogP contribution in [0.5, 0.6) is 0 Å². The highest BCUT2D eigenvalue weighted by Gasteiger charge is 2.36. The molecule has 0 aliphatic carbocycles. The maximum Gasteiger partial charge on any atom is 0.276 e. The average molecular weight is 298 g/mol. The van der Waals surface area contributed by atoms with Crippen LogP contribution in [0.3, 0.4) is 0 Å². The van der Waals surface area contributed by atoms with Crippen molar-refractivity contribution in [2.24, 2.45) is 0 Å². The summed E-state index contributed by atoms with van der Waals surface area (Å²) in [5, 5.41) is 0. The first-order valence-electron chi connectivity index (χ1n) is 7.42. The second-order valence-corrected chi connectivity index (χ2v) is 5.52. The number of ketones is 1. The molecule has 1 aliphatic rings. The number of Topliss-reactive ketones (excluding diaryl/α,β-unsaturated/α-hetero) is 1. The standard InChI is InChI=1S/C17H18N2O3/c1-11-15(18-12(2)22-11)17(21)19-10-6-9-14(19)16(20)13-7-4-3-5-8-13/h3-5,7-8,14H,6,9-10H2,1-2H3/t14-/m1/s1. The molecule has 1 aromatic heterocycles. The Morgan fingerprint density at radius 1 is 1.23 bits per heavy atom. The molecule has 2 heterocycles. The van der Waals surface area contributed by atoms with E-state index in [2.05, 4.69) is 4.98 Å². The fourth-order valence-corrected chi connectivity index (χ4v) is 2.94. The van der Waals surface area contributed by atoms with Gasteiger partial charge in [0.2, 0.25) is 0 Å². The summed E-state index contributed by atoms with van der Waals surface area (Å²) in [4.78, 5) is 31.1. The van der Waals surface area contributed by atoms with Crippen LogP contribution in [0, 0.1) is 13.8 Å². The smallest absolute Gasteiger partial charge is 0.276 e. The Morgan fingerprint density at radius 2 is 1.95 bits per heavy atom. The van der Waals surface area contributed by atoms with Crippen molar-refractivity contribution in [2.75, 3.05) is 6.54 Å².